The summed E-state index contributed by atoms with van der Waals surface area (Å²) in [7, 11) is 0. The number of hydrogen-bond acceptors (Lipinski definition) is 3. The topological polar surface area (TPSA) is 58.4 Å². The SMILES string of the molecule is CC1CCCCN1C(=S)Nc1ccc([N+](=O)[O-])cc1. The molecule has 0 aliphatic carbocycles. The summed E-state index contributed by atoms with van der Waals surface area (Å²) in [6.07, 6.45) is 3.56. The van der Waals surface area contributed by atoms with E-state index in [0.717, 1.165) is 25.1 Å². The van der Waals surface area contributed by atoms with Crippen molar-refractivity contribution in [3.05, 3.63) is 34.4 Å². The lowest BCUT2D eigenvalue weighted by molar-refractivity contribution is -0.384. The fourth-order valence-corrected chi connectivity index (χ4v) is 2.65. The number of benzene rings is 1. The number of piperidine rings is 1. The Labute approximate surface area is 117 Å². The van der Waals surface area contributed by atoms with Crippen LogP contribution in [0.4, 0.5) is 11.4 Å². The van der Waals surface area contributed by atoms with Gasteiger partial charge in [-0.3, -0.25) is 10.1 Å². The van der Waals surface area contributed by atoms with Crippen LogP contribution in [0.2, 0.25) is 0 Å². The maximum atomic E-state index is 10.6. The van der Waals surface area contributed by atoms with E-state index >= 15 is 0 Å². The third-order valence-electron chi connectivity index (χ3n) is 3.39. The monoisotopic (exact) mass is 279 g/mol. The predicted molar refractivity (Wildman–Crippen MR) is 79.3 cm³/mol. The third kappa shape index (κ3) is 3.41. The van der Waals surface area contributed by atoms with Crippen LogP contribution < -0.4 is 5.32 Å². The second kappa shape index (κ2) is 5.97. The zero-order valence-corrected chi connectivity index (χ0v) is 11.7. The van der Waals surface area contributed by atoms with Crippen molar-refractivity contribution in [1.29, 1.82) is 0 Å². The van der Waals surface area contributed by atoms with E-state index in [1.165, 1.54) is 18.6 Å². The first-order valence-electron chi connectivity index (χ1n) is 6.40. The van der Waals surface area contributed by atoms with Gasteiger partial charge in [-0.2, -0.15) is 0 Å². The normalized spacial score (nSPS) is 19.0. The van der Waals surface area contributed by atoms with Gasteiger partial charge in [-0.15, -0.1) is 0 Å². The minimum absolute atomic E-state index is 0.0859. The van der Waals surface area contributed by atoms with E-state index in [0.29, 0.717) is 11.2 Å². The second-order valence-electron chi connectivity index (χ2n) is 4.77. The number of nitro benzene ring substituents is 1. The zero-order chi connectivity index (χ0) is 13.8. The van der Waals surface area contributed by atoms with Crippen molar-refractivity contribution in [3.63, 3.8) is 0 Å². The highest BCUT2D eigenvalue weighted by molar-refractivity contribution is 7.80. The summed E-state index contributed by atoms with van der Waals surface area (Å²) in [6.45, 7) is 3.14. The number of hydrogen-bond donors (Lipinski definition) is 1. The summed E-state index contributed by atoms with van der Waals surface area (Å²) in [5.41, 5.74) is 0.871. The summed E-state index contributed by atoms with van der Waals surface area (Å²) in [5, 5.41) is 14.4. The molecule has 1 aliphatic heterocycles. The Morgan fingerprint density at radius 3 is 2.68 bits per heavy atom. The van der Waals surface area contributed by atoms with Gasteiger partial charge in [0.1, 0.15) is 0 Å². The molecule has 1 saturated heterocycles. The van der Waals surface area contributed by atoms with Crippen molar-refractivity contribution in [2.75, 3.05) is 11.9 Å². The van der Waals surface area contributed by atoms with E-state index in [4.69, 9.17) is 12.2 Å². The number of likely N-dealkylation sites (tertiary alicyclic amines) is 1. The lowest BCUT2D eigenvalue weighted by Crippen LogP contribution is -2.44. The first-order valence-corrected chi connectivity index (χ1v) is 6.81. The molecule has 102 valence electrons. The highest BCUT2D eigenvalue weighted by atomic mass is 32.1. The summed E-state index contributed by atoms with van der Waals surface area (Å²) in [6, 6.07) is 6.76. The van der Waals surface area contributed by atoms with Crippen LogP contribution in [0.1, 0.15) is 26.2 Å². The van der Waals surface area contributed by atoms with E-state index in [9.17, 15) is 10.1 Å². The Balaban J connectivity index is 2.00. The Morgan fingerprint density at radius 2 is 2.11 bits per heavy atom. The minimum Gasteiger partial charge on any atom is -0.346 e. The quantitative estimate of drug-likeness (QED) is 0.512. The van der Waals surface area contributed by atoms with Gasteiger partial charge in [-0.05, 0) is 50.5 Å². The molecule has 1 aromatic rings. The van der Waals surface area contributed by atoms with Crippen LogP contribution in [0.25, 0.3) is 0 Å². The molecule has 0 aromatic heterocycles. The van der Waals surface area contributed by atoms with Gasteiger partial charge in [0.15, 0.2) is 5.11 Å². The minimum atomic E-state index is -0.408. The molecule has 1 aliphatic rings. The zero-order valence-electron chi connectivity index (χ0n) is 10.8. The molecule has 1 atom stereocenters. The van der Waals surface area contributed by atoms with E-state index in [2.05, 4.69) is 17.1 Å². The Kier molecular flexibility index (Phi) is 4.31. The molecular weight excluding hydrogens is 262 g/mol. The maximum absolute atomic E-state index is 10.6. The van der Waals surface area contributed by atoms with Crippen molar-refractivity contribution in [3.8, 4) is 0 Å². The fourth-order valence-electron chi connectivity index (χ4n) is 2.26. The summed E-state index contributed by atoms with van der Waals surface area (Å²) >= 11 is 5.40. The van der Waals surface area contributed by atoms with Gasteiger partial charge in [0.2, 0.25) is 0 Å². The first kappa shape index (κ1) is 13.7. The molecule has 1 aromatic carbocycles. The van der Waals surface area contributed by atoms with Crippen LogP contribution in [-0.2, 0) is 0 Å². The molecule has 19 heavy (non-hydrogen) atoms. The summed E-state index contributed by atoms with van der Waals surface area (Å²) in [4.78, 5) is 12.3. The first-order chi connectivity index (χ1) is 9.08. The predicted octanol–water partition coefficient (Wildman–Crippen LogP) is 3.17. The van der Waals surface area contributed by atoms with Gasteiger partial charge in [-0.25, -0.2) is 0 Å². The van der Waals surface area contributed by atoms with Crippen LogP contribution in [0, 0.1) is 10.1 Å². The molecular formula is C13H17N3O2S. The number of nitro groups is 1. The molecule has 2 rings (SSSR count). The smallest absolute Gasteiger partial charge is 0.269 e. The Bertz CT molecular complexity index is 475. The third-order valence-corrected chi connectivity index (χ3v) is 3.73. The van der Waals surface area contributed by atoms with Crippen molar-refractivity contribution < 1.29 is 4.92 Å². The van der Waals surface area contributed by atoms with Crippen LogP contribution in [0.5, 0.6) is 0 Å². The molecule has 1 heterocycles. The molecule has 1 unspecified atom stereocenters. The van der Waals surface area contributed by atoms with Crippen molar-refractivity contribution in [2.45, 2.75) is 32.2 Å². The average Bonchev–Trinajstić information content (AvgIpc) is 2.39. The number of thiocarbonyl (C=S) groups is 1. The highest BCUT2D eigenvalue weighted by Gasteiger charge is 2.20. The van der Waals surface area contributed by atoms with Crippen molar-refractivity contribution in [1.82, 2.24) is 4.90 Å². The molecule has 0 saturated carbocycles. The standard InChI is InChI=1S/C13H17N3O2S/c1-10-4-2-3-9-15(10)13(19)14-11-5-7-12(8-6-11)16(17)18/h5-8,10H,2-4,9H2,1H3,(H,14,19). The van der Waals surface area contributed by atoms with Crippen LogP contribution >= 0.6 is 12.2 Å². The number of rotatable bonds is 2. The van der Waals surface area contributed by atoms with Gasteiger partial charge in [0, 0.05) is 30.4 Å². The van der Waals surface area contributed by atoms with E-state index in [-0.39, 0.29) is 5.69 Å². The van der Waals surface area contributed by atoms with E-state index < -0.39 is 4.92 Å². The molecule has 0 amide bonds. The van der Waals surface area contributed by atoms with Crippen LogP contribution in [0.15, 0.2) is 24.3 Å². The lowest BCUT2D eigenvalue weighted by Gasteiger charge is -2.35. The molecule has 0 spiro atoms. The van der Waals surface area contributed by atoms with Gasteiger partial charge < -0.3 is 10.2 Å². The maximum Gasteiger partial charge on any atom is 0.269 e. The van der Waals surface area contributed by atoms with E-state index in [1.807, 2.05) is 0 Å². The molecule has 5 nitrogen and oxygen atoms in total. The van der Waals surface area contributed by atoms with Gasteiger partial charge >= 0.3 is 0 Å². The highest BCUT2D eigenvalue weighted by Crippen LogP contribution is 2.19. The molecule has 0 radical (unpaired) electrons. The number of anilines is 1. The second-order valence-corrected chi connectivity index (χ2v) is 5.16. The summed E-state index contributed by atoms with van der Waals surface area (Å²) in [5.74, 6) is 0. The fraction of sp³-hybridized carbons (Fsp3) is 0.462. The number of non-ortho nitro benzene ring substituents is 1. The van der Waals surface area contributed by atoms with E-state index in [1.54, 1.807) is 12.1 Å². The van der Waals surface area contributed by atoms with Crippen LogP contribution in [-0.4, -0.2) is 27.5 Å². The van der Waals surface area contributed by atoms with Crippen LogP contribution in [0.3, 0.4) is 0 Å². The summed E-state index contributed by atoms with van der Waals surface area (Å²) < 4.78 is 0. The van der Waals surface area contributed by atoms with Gasteiger partial charge in [0.25, 0.3) is 5.69 Å². The molecule has 1 fully saturated rings. The molecule has 1 N–H and O–H groups in total. The number of nitrogens with one attached hydrogen (secondary N) is 1. The van der Waals surface area contributed by atoms with Crippen molar-refractivity contribution >= 4 is 28.7 Å². The molecule has 0 bridgehead atoms. The number of nitrogens with zero attached hydrogens (tertiary/aromatic N) is 2. The van der Waals surface area contributed by atoms with Gasteiger partial charge in [-0.1, -0.05) is 0 Å². The molecule has 6 heteroatoms. The van der Waals surface area contributed by atoms with Crippen molar-refractivity contribution in [2.24, 2.45) is 0 Å². The Morgan fingerprint density at radius 1 is 1.42 bits per heavy atom. The average molecular weight is 279 g/mol. The Hall–Kier alpha value is -1.69. The largest absolute Gasteiger partial charge is 0.346 e. The van der Waals surface area contributed by atoms with Gasteiger partial charge in [0.05, 0.1) is 4.92 Å². The lowest BCUT2D eigenvalue weighted by atomic mass is 10.0.